The number of allylic oxidation sites excluding steroid dienone is 2. The lowest BCUT2D eigenvalue weighted by Gasteiger charge is -2.22. The van der Waals surface area contributed by atoms with E-state index in [0.717, 1.165) is 16.8 Å². The van der Waals surface area contributed by atoms with Crippen LogP contribution in [0.2, 0.25) is 0 Å². The molecule has 180 valence electrons. The zero-order valence-electron chi connectivity index (χ0n) is 20.1. The first-order valence-electron chi connectivity index (χ1n) is 12.0. The van der Waals surface area contributed by atoms with Crippen LogP contribution in [0.4, 0.5) is 11.4 Å². The van der Waals surface area contributed by atoms with Crippen LogP contribution in [-0.2, 0) is 19.2 Å². The summed E-state index contributed by atoms with van der Waals surface area (Å²) >= 11 is 0. The number of hydrogen-bond donors (Lipinski definition) is 0. The molecule has 7 heteroatoms. The molecule has 0 aromatic heterocycles. The Morgan fingerprint density at radius 1 is 1.03 bits per heavy atom. The number of amides is 3. The number of anilines is 2. The number of nitrogens with zero attached hydrogens (tertiary/aromatic N) is 2. The Bertz CT molecular complexity index is 1270. The van der Waals surface area contributed by atoms with E-state index in [1.54, 1.807) is 29.2 Å². The van der Waals surface area contributed by atoms with Crippen LogP contribution in [0.3, 0.4) is 0 Å². The van der Waals surface area contributed by atoms with Crippen LogP contribution in [0, 0.1) is 37.5 Å². The Balaban J connectivity index is 1.31. The van der Waals surface area contributed by atoms with Crippen molar-refractivity contribution >= 4 is 35.1 Å². The SMILES string of the molecule is Cc1ccc(C)c(N2C[C@H](C(=O)Oc3cccc(N4C(=O)[C@@H]5[C@H](C)C=CC[C@H]5C4=O)c3)CC2=O)c1. The summed E-state index contributed by atoms with van der Waals surface area (Å²) in [4.78, 5) is 54.6. The van der Waals surface area contributed by atoms with Crippen molar-refractivity contribution in [1.29, 1.82) is 0 Å². The van der Waals surface area contributed by atoms with E-state index in [2.05, 4.69) is 0 Å². The van der Waals surface area contributed by atoms with Crippen molar-refractivity contribution in [3.8, 4) is 5.75 Å². The summed E-state index contributed by atoms with van der Waals surface area (Å²) in [6.45, 7) is 6.10. The molecule has 2 aromatic rings. The number of ether oxygens (including phenoxy) is 1. The van der Waals surface area contributed by atoms with Gasteiger partial charge in [0, 0.05) is 24.7 Å². The van der Waals surface area contributed by atoms with Gasteiger partial charge < -0.3 is 9.64 Å². The van der Waals surface area contributed by atoms with E-state index in [0.29, 0.717) is 12.1 Å². The summed E-state index contributed by atoms with van der Waals surface area (Å²) in [5.41, 5.74) is 3.21. The average Bonchev–Trinajstić information content (AvgIpc) is 3.33. The maximum Gasteiger partial charge on any atom is 0.316 e. The number of imide groups is 1. The highest BCUT2D eigenvalue weighted by Crippen LogP contribution is 2.41. The van der Waals surface area contributed by atoms with Gasteiger partial charge in [0.2, 0.25) is 17.7 Å². The smallest absolute Gasteiger partial charge is 0.316 e. The van der Waals surface area contributed by atoms with Gasteiger partial charge in [-0.1, -0.05) is 37.3 Å². The Morgan fingerprint density at radius 2 is 1.83 bits per heavy atom. The molecule has 4 atom stereocenters. The minimum atomic E-state index is -0.601. The molecule has 3 aliphatic rings. The molecule has 3 amide bonds. The monoisotopic (exact) mass is 472 g/mol. The Morgan fingerprint density at radius 3 is 2.60 bits per heavy atom. The summed E-state index contributed by atoms with van der Waals surface area (Å²) < 4.78 is 5.62. The molecule has 2 saturated heterocycles. The quantitative estimate of drug-likeness (QED) is 0.291. The number of esters is 1. The lowest BCUT2D eigenvalue weighted by atomic mass is 9.78. The van der Waals surface area contributed by atoms with Crippen LogP contribution in [0.5, 0.6) is 5.75 Å². The number of aryl methyl sites for hydroxylation is 2. The topological polar surface area (TPSA) is 84.0 Å². The van der Waals surface area contributed by atoms with Gasteiger partial charge in [0.05, 0.1) is 23.4 Å². The third-order valence-corrected chi connectivity index (χ3v) is 7.28. The Labute approximate surface area is 204 Å². The molecule has 2 aliphatic heterocycles. The van der Waals surface area contributed by atoms with Gasteiger partial charge in [-0.15, -0.1) is 0 Å². The first-order valence-corrected chi connectivity index (χ1v) is 12.0. The van der Waals surface area contributed by atoms with Crippen LogP contribution in [0.25, 0.3) is 0 Å². The van der Waals surface area contributed by atoms with Gasteiger partial charge >= 0.3 is 5.97 Å². The standard InChI is InChI=1S/C28H28N2O5/c1-16-10-11-17(2)23(12-16)29-15-19(13-24(29)31)28(34)35-21-8-5-7-20(14-21)30-26(32)22-9-4-6-18(3)25(22)27(30)33/h4-8,10-12,14,18-19,22,25H,9,13,15H2,1-3H3/t18-,19-,22-,25-/m1/s1. The molecule has 7 nitrogen and oxygen atoms in total. The van der Waals surface area contributed by atoms with Crippen LogP contribution in [0.1, 0.15) is 30.9 Å². The molecule has 1 aliphatic carbocycles. The largest absolute Gasteiger partial charge is 0.426 e. The number of carbonyl (C=O) groups excluding carboxylic acids is 4. The van der Waals surface area contributed by atoms with Crippen LogP contribution in [0.15, 0.2) is 54.6 Å². The molecule has 35 heavy (non-hydrogen) atoms. The molecule has 0 unspecified atom stereocenters. The van der Waals surface area contributed by atoms with Gasteiger partial charge in [-0.05, 0) is 55.5 Å². The molecular formula is C28H28N2O5. The lowest BCUT2D eigenvalue weighted by Crippen LogP contribution is -2.31. The van der Waals surface area contributed by atoms with Crippen molar-refractivity contribution in [1.82, 2.24) is 0 Å². The summed E-state index contributed by atoms with van der Waals surface area (Å²) in [6, 6.07) is 12.4. The van der Waals surface area contributed by atoms with E-state index in [1.165, 1.54) is 4.90 Å². The van der Waals surface area contributed by atoms with E-state index in [4.69, 9.17) is 4.74 Å². The molecular weight excluding hydrogens is 444 g/mol. The molecule has 0 bridgehead atoms. The lowest BCUT2D eigenvalue weighted by molar-refractivity contribution is -0.139. The number of carbonyl (C=O) groups is 4. The highest BCUT2D eigenvalue weighted by Gasteiger charge is 2.50. The van der Waals surface area contributed by atoms with Crippen molar-refractivity contribution in [3.63, 3.8) is 0 Å². The zero-order chi connectivity index (χ0) is 24.9. The fourth-order valence-corrected chi connectivity index (χ4v) is 5.40. The van der Waals surface area contributed by atoms with E-state index < -0.39 is 11.9 Å². The van der Waals surface area contributed by atoms with Gasteiger partial charge in [0.15, 0.2) is 0 Å². The number of benzene rings is 2. The third-order valence-electron chi connectivity index (χ3n) is 7.28. The first-order chi connectivity index (χ1) is 16.7. The fraction of sp³-hybridized carbons (Fsp3) is 0.357. The van der Waals surface area contributed by atoms with E-state index in [1.807, 2.05) is 51.1 Å². The summed E-state index contributed by atoms with van der Waals surface area (Å²) in [5.74, 6) is -2.13. The highest BCUT2D eigenvalue weighted by molar-refractivity contribution is 6.22. The molecule has 0 saturated carbocycles. The van der Waals surface area contributed by atoms with E-state index >= 15 is 0 Å². The van der Waals surface area contributed by atoms with Gasteiger partial charge in [0.1, 0.15) is 5.75 Å². The second-order valence-corrected chi connectivity index (χ2v) is 9.78. The van der Waals surface area contributed by atoms with Gasteiger partial charge in [-0.2, -0.15) is 0 Å². The van der Waals surface area contributed by atoms with Gasteiger partial charge in [-0.3, -0.25) is 19.2 Å². The highest BCUT2D eigenvalue weighted by atomic mass is 16.5. The molecule has 2 aromatic carbocycles. The predicted molar refractivity (Wildman–Crippen MR) is 131 cm³/mol. The zero-order valence-corrected chi connectivity index (χ0v) is 20.1. The molecule has 5 rings (SSSR count). The maximum absolute atomic E-state index is 13.1. The number of rotatable bonds is 4. The Kier molecular flexibility index (Phi) is 5.79. The summed E-state index contributed by atoms with van der Waals surface area (Å²) in [6.07, 6.45) is 4.57. The molecule has 0 N–H and O–H groups in total. The number of fused-ring (bicyclic) bond motifs is 1. The normalized spacial score (nSPS) is 25.9. The van der Waals surface area contributed by atoms with Crippen LogP contribution >= 0.6 is 0 Å². The van der Waals surface area contributed by atoms with Crippen molar-refractivity contribution < 1.29 is 23.9 Å². The predicted octanol–water partition coefficient (Wildman–Crippen LogP) is 3.96. The van der Waals surface area contributed by atoms with Crippen molar-refractivity contribution in [3.05, 3.63) is 65.7 Å². The summed E-state index contributed by atoms with van der Waals surface area (Å²) in [5, 5.41) is 0. The second-order valence-electron chi connectivity index (χ2n) is 9.78. The molecule has 2 fully saturated rings. The van der Waals surface area contributed by atoms with Crippen LogP contribution in [-0.4, -0.2) is 30.2 Å². The summed E-state index contributed by atoms with van der Waals surface area (Å²) in [7, 11) is 0. The van der Waals surface area contributed by atoms with Gasteiger partial charge in [0.25, 0.3) is 0 Å². The Hall–Kier alpha value is -3.74. The van der Waals surface area contributed by atoms with Crippen LogP contribution < -0.4 is 14.5 Å². The van der Waals surface area contributed by atoms with E-state index in [-0.39, 0.29) is 54.2 Å². The van der Waals surface area contributed by atoms with Crippen molar-refractivity contribution in [2.45, 2.75) is 33.6 Å². The fourth-order valence-electron chi connectivity index (χ4n) is 5.40. The first kappa shape index (κ1) is 23.0. The molecule has 2 heterocycles. The minimum Gasteiger partial charge on any atom is -0.426 e. The number of hydrogen-bond acceptors (Lipinski definition) is 5. The van der Waals surface area contributed by atoms with Crippen molar-refractivity contribution in [2.24, 2.45) is 23.7 Å². The van der Waals surface area contributed by atoms with E-state index in [9.17, 15) is 19.2 Å². The second kappa shape index (κ2) is 8.80. The molecule has 0 spiro atoms. The average molecular weight is 473 g/mol. The molecule has 0 radical (unpaired) electrons. The minimum absolute atomic E-state index is 0.00361. The van der Waals surface area contributed by atoms with Gasteiger partial charge in [-0.25, -0.2) is 4.90 Å². The van der Waals surface area contributed by atoms with Crippen molar-refractivity contribution in [2.75, 3.05) is 16.3 Å². The third kappa shape index (κ3) is 4.05. The maximum atomic E-state index is 13.1.